The minimum absolute atomic E-state index is 0.145. The van der Waals surface area contributed by atoms with E-state index in [1.807, 2.05) is 6.07 Å². The first-order valence-electron chi connectivity index (χ1n) is 11.2. The lowest BCUT2D eigenvalue weighted by atomic mass is 10.0. The number of carbonyl (C=O) groups excluding carboxylic acids is 1. The zero-order valence-corrected chi connectivity index (χ0v) is 20.4. The van der Waals surface area contributed by atoms with Gasteiger partial charge in [0.2, 0.25) is 5.24 Å². The van der Waals surface area contributed by atoms with E-state index >= 15 is 0 Å². The van der Waals surface area contributed by atoms with Crippen LogP contribution >= 0.6 is 11.6 Å². The highest BCUT2D eigenvalue weighted by Gasteiger charge is 2.32. The summed E-state index contributed by atoms with van der Waals surface area (Å²) in [6.07, 6.45) is 7.21. The SMILES string of the molecule is CC(C)(C)[Si](c1ccccc1)c1ccccc1C(O)CCCCCCCCC(=O)Cl. The fourth-order valence-electron chi connectivity index (χ4n) is 4.08. The standard InChI is InChI=1S/C26H36ClO2Si/c1-26(2,3)30(21-15-9-8-10-16-21)24-19-14-13-17-22(24)23(28)18-11-6-4-5-7-12-20-25(27)29/h8-10,13-17,19,23,28H,4-7,11-12,18,20H2,1-3H3. The summed E-state index contributed by atoms with van der Waals surface area (Å²) < 4.78 is 0. The van der Waals surface area contributed by atoms with Gasteiger partial charge in [-0.05, 0) is 40.2 Å². The molecule has 0 aliphatic heterocycles. The Bertz CT molecular complexity index is 770. The van der Waals surface area contributed by atoms with Crippen molar-refractivity contribution < 1.29 is 9.90 Å². The Hall–Kier alpha value is -1.42. The Labute approximate surface area is 189 Å². The first-order valence-corrected chi connectivity index (χ1v) is 13.1. The monoisotopic (exact) mass is 443 g/mol. The van der Waals surface area contributed by atoms with E-state index in [0.717, 1.165) is 50.5 Å². The minimum atomic E-state index is -1.04. The third kappa shape index (κ3) is 8.01. The molecule has 2 nitrogen and oxygen atoms in total. The highest BCUT2D eigenvalue weighted by Crippen LogP contribution is 2.29. The van der Waals surface area contributed by atoms with Gasteiger partial charge in [0.15, 0.2) is 0 Å². The predicted octanol–water partition coefficient (Wildman–Crippen LogP) is 6.02. The number of hydrogen-bond donors (Lipinski definition) is 1. The summed E-state index contributed by atoms with van der Waals surface area (Å²) in [6, 6.07) is 19.3. The second kappa shape index (κ2) is 12.4. The van der Waals surface area contributed by atoms with Gasteiger partial charge in [0.05, 0.1) is 6.10 Å². The fourth-order valence-corrected chi connectivity index (χ4v) is 7.52. The summed E-state index contributed by atoms with van der Waals surface area (Å²) in [5, 5.41) is 13.7. The molecule has 1 N–H and O–H groups in total. The van der Waals surface area contributed by atoms with Crippen LogP contribution in [0.4, 0.5) is 0 Å². The quantitative estimate of drug-likeness (QED) is 0.247. The third-order valence-electron chi connectivity index (χ3n) is 5.50. The van der Waals surface area contributed by atoms with Crippen molar-refractivity contribution in [2.75, 3.05) is 0 Å². The molecule has 2 rings (SSSR count). The Kier molecular flexibility index (Phi) is 10.3. The van der Waals surface area contributed by atoms with Gasteiger partial charge in [-0.2, -0.15) is 0 Å². The molecule has 1 unspecified atom stereocenters. The van der Waals surface area contributed by atoms with Crippen LogP contribution in [0.25, 0.3) is 0 Å². The van der Waals surface area contributed by atoms with Gasteiger partial charge in [-0.15, -0.1) is 0 Å². The second-order valence-corrected chi connectivity index (χ2v) is 12.9. The molecule has 2 aromatic carbocycles. The summed E-state index contributed by atoms with van der Waals surface area (Å²) >= 11 is 5.37. The number of halogens is 1. The zero-order valence-electron chi connectivity index (χ0n) is 18.7. The molecular weight excluding hydrogens is 408 g/mol. The number of aliphatic hydroxyl groups excluding tert-OH is 1. The first-order chi connectivity index (χ1) is 14.3. The van der Waals surface area contributed by atoms with E-state index in [4.69, 9.17) is 11.6 Å². The average Bonchev–Trinajstić information content (AvgIpc) is 2.70. The van der Waals surface area contributed by atoms with Gasteiger partial charge in [0.25, 0.3) is 0 Å². The van der Waals surface area contributed by atoms with E-state index in [1.165, 1.54) is 10.4 Å². The molecule has 0 bridgehead atoms. The van der Waals surface area contributed by atoms with Crippen LogP contribution in [0, 0.1) is 0 Å². The van der Waals surface area contributed by atoms with Crippen molar-refractivity contribution in [1.82, 2.24) is 0 Å². The Balaban J connectivity index is 1.99. The van der Waals surface area contributed by atoms with Gasteiger partial charge in [0.1, 0.15) is 8.80 Å². The molecule has 0 heterocycles. The summed E-state index contributed by atoms with van der Waals surface area (Å²) in [6.45, 7) is 6.94. The highest BCUT2D eigenvalue weighted by atomic mass is 35.5. The molecular formula is C26H36ClO2Si. The van der Waals surface area contributed by atoms with Crippen molar-refractivity contribution >= 4 is 36.0 Å². The first kappa shape index (κ1) is 24.8. The van der Waals surface area contributed by atoms with Gasteiger partial charge in [-0.3, -0.25) is 4.79 Å². The molecule has 0 saturated carbocycles. The molecule has 2 aromatic rings. The normalized spacial score (nSPS) is 12.9. The lowest BCUT2D eigenvalue weighted by Crippen LogP contribution is -2.50. The fraction of sp³-hybridized carbons (Fsp3) is 0.500. The Morgan fingerprint density at radius 1 is 0.900 bits per heavy atom. The molecule has 1 atom stereocenters. The topological polar surface area (TPSA) is 37.3 Å². The average molecular weight is 444 g/mol. The molecule has 0 aliphatic carbocycles. The zero-order chi connectivity index (χ0) is 22.0. The van der Waals surface area contributed by atoms with Crippen molar-refractivity contribution in [2.24, 2.45) is 0 Å². The van der Waals surface area contributed by atoms with Crippen molar-refractivity contribution in [3.05, 3.63) is 60.2 Å². The van der Waals surface area contributed by atoms with Crippen LogP contribution in [-0.2, 0) is 4.79 Å². The number of carbonyl (C=O) groups is 1. The molecule has 0 amide bonds. The van der Waals surface area contributed by atoms with E-state index < -0.39 is 14.9 Å². The van der Waals surface area contributed by atoms with Crippen molar-refractivity contribution in [3.63, 3.8) is 0 Å². The molecule has 0 aromatic heterocycles. The number of benzene rings is 2. The Morgan fingerprint density at radius 3 is 2.10 bits per heavy atom. The van der Waals surface area contributed by atoms with E-state index in [2.05, 4.69) is 69.3 Å². The van der Waals surface area contributed by atoms with E-state index in [-0.39, 0.29) is 10.3 Å². The largest absolute Gasteiger partial charge is 0.388 e. The summed E-state index contributed by atoms with van der Waals surface area (Å²) in [5.41, 5.74) is 1.10. The van der Waals surface area contributed by atoms with Gasteiger partial charge in [-0.25, -0.2) is 0 Å². The smallest absolute Gasteiger partial charge is 0.221 e. The lowest BCUT2D eigenvalue weighted by Gasteiger charge is -2.32. The van der Waals surface area contributed by atoms with Gasteiger partial charge < -0.3 is 5.11 Å². The maximum Gasteiger partial charge on any atom is 0.221 e. The predicted molar refractivity (Wildman–Crippen MR) is 130 cm³/mol. The summed E-state index contributed by atoms with van der Waals surface area (Å²) in [4.78, 5) is 10.8. The lowest BCUT2D eigenvalue weighted by molar-refractivity contribution is -0.111. The number of aliphatic hydroxyl groups is 1. The second-order valence-electron chi connectivity index (χ2n) is 9.11. The van der Waals surface area contributed by atoms with Crippen LogP contribution in [0.1, 0.15) is 83.8 Å². The van der Waals surface area contributed by atoms with Crippen molar-refractivity contribution in [3.8, 4) is 0 Å². The van der Waals surface area contributed by atoms with E-state index in [9.17, 15) is 9.90 Å². The molecule has 163 valence electrons. The van der Waals surface area contributed by atoms with Gasteiger partial charge in [0, 0.05) is 6.42 Å². The van der Waals surface area contributed by atoms with Crippen LogP contribution in [0.15, 0.2) is 54.6 Å². The van der Waals surface area contributed by atoms with E-state index in [0.29, 0.717) is 6.42 Å². The van der Waals surface area contributed by atoms with Crippen molar-refractivity contribution in [1.29, 1.82) is 0 Å². The number of rotatable bonds is 12. The highest BCUT2D eigenvalue weighted by molar-refractivity contribution is 6.87. The molecule has 1 radical (unpaired) electrons. The molecule has 0 aliphatic rings. The maximum absolute atomic E-state index is 11.0. The van der Waals surface area contributed by atoms with E-state index in [1.54, 1.807) is 0 Å². The summed E-state index contributed by atoms with van der Waals surface area (Å²) in [5.74, 6) is 0. The van der Waals surface area contributed by atoms with Crippen LogP contribution in [0.5, 0.6) is 0 Å². The van der Waals surface area contributed by atoms with Crippen LogP contribution in [0.3, 0.4) is 0 Å². The number of hydrogen-bond acceptors (Lipinski definition) is 2. The Morgan fingerprint density at radius 2 is 1.47 bits per heavy atom. The van der Waals surface area contributed by atoms with Crippen LogP contribution in [-0.4, -0.2) is 19.1 Å². The molecule has 0 saturated heterocycles. The van der Waals surface area contributed by atoms with Crippen LogP contribution in [0.2, 0.25) is 5.04 Å². The van der Waals surface area contributed by atoms with Crippen LogP contribution < -0.4 is 10.4 Å². The molecule has 0 spiro atoms. The van der Waals surface area contributed by atoms with Crippen molar-refractivity contribution in [2.45, 2.75) is 83.3 Å². The van der Waals surface area contributed by atoms with Gasteiger partial charge >= 0.3 is 0 Å². The summed E-state index contributed by atoms with van der Waals surface area (Å²) in [7, 11) is -1.04. The molecule has 30 heavy (non-hydrogen) atoms. The van der Waals surface area contributed by atoms with Gasteiger partial charge in [-0.1, -0.05) is 113 Å². The third-order valence-corrected chi connectivity index (χ3v) is 9.10. The molecule has 0 fully saturated rings. The number of unbranched alkanes of at least 4 members (excludes halogenated alkanes) is 5. The maximum atomic E-state index is 11.0. The molecule has 4 heteroatoms. The minimum Gasteiger partial charge on any atom is -0.388 e.